The molecular formula is C15H20F2N2O2. The first-order valence-electron chi connectivity index (χ1n) is 6.65. The third-order valence-corrected chi connectivity index (χ3v) is 2.66. The lowest BCUT2D eigenvalue weighted by molar-refractivity contribution is -0.122. The summed E-state index contributed by atoms with van der Waals surface area (Å²) in [5.74, 6) is -2.48. The molecule has 0 saturated carbocycles. The maximum atomic E-state index is 13.7. The van der Waals surface area contributed by atoms with Gasteiger partial charge < -0.3 is 10.2 Å². The number of rotatable bonds is 4. The Balaban J connectivity index is 2.85. The van der Waals surface area contributed by atoms with E-state index in [1.807, 2.05) is 20.8 Å². The lowest BCUT2D eigenvalue weighted by Gasteiger charge is -2.24. The fourth-order valence-corrected chi connectivity index (χ4v) is 1.87. The first kappa shape index (κ1) is 17.1. The van der Waals surface area contributed by atoms with Crippen molar-refractivity contribution in [2.45, 2.75) is 39.7 Å². The molecular weight excluding hydrogens is 278 g/mol. The third-order valence-electron chi connectivity index (χ3n) is 2.66. The summed E-state index contributed by atoms with van der Waals surface area (Å²) in [5.41, 5.74) is -0.824. The number of amides is 2. The van der Waals surface area contributed by atoms with Gasteiger partial charge in [0, 0.05) is 25.4 Å². The van der Waals surface area contributed by atoms with Gasteiger partial charge in [-0.05, 0) is 32.9 Å². The van der Waals surface area contributed by atoms with Gasteiger partial charge in [-0.15, -0.1) is 0 Å². The lowest BCUT2D eigenvalue weighted by Crippen LogP contribution is -2.42. The van der Waals surface area contributed by atoms with Gasteiger partial charge in [0.1, 0.15) is 17.3 Å². The topological polar surface area (TPSA) is 49.4 Å². The Morgan fingerprint density at radius 2 is 1.71 bits per heavy atom. The molecule has 0 aliphatic heterocycles. The van der Waals surface area contributed by atoms with Crippen LogP contribution in [-0.2, 0) is 9.59 Å². The third kappa shape index (κ3) is 5.13. The van der Waals surface area contributed by atoms with Crippen molar-refractivity contribution in [2.24, 2.45) is 0 Å². The SMILES string of the molecule is CC(=O)N(CCC(=O)NC(C)(C)C)c1c(F)cccc1F. The van der Waals surface area contributed by atoms with Crippen LogP contribution in [0.5, 0.6) is 0 Å². The molecule has 0 atom stereocenters. The molecule has 0 heterocycles. The normalized spacial score (nSPS) is 11.1. The highest BCUT2D eigenvalue weighted by atomic mass is 19.1. The van der Waals surface area contributed by atoms with Crippen molar-refractivity contribution >= 4 is 17.5 Å². The van der Waals surface area contributed by atoms with E-state index in [-0.39, 0.29) is 18.9 Å². The van der Waals surface area contributed by atoms with Gasteiger partial charge in [0.05, 0.1) is 0 Å². The second-order valence-electron chi connectivity index (χ2n) is 5.79. The first-order valence-corrected chi connectivity index (χ1v) is 6.65. The van der Waals surface area contributed by atoms with E-state index in [9.17, 15) is 18.4 Å². The number of hydrogen-bond donors (Lipinski definition) is 1. The summed E-state index contributed by atoms with van der Waals surface area (Å²) in [4.78, 5) is 24.3. The molecule has 0 saturated heterocycles. The monoisotopic (exact) mass is 298 g/mol. The van der Waals surface area contributed by atoms with Crippen molar-refractivity contribution in [1.82, 2.24) is 5.32 Å². The van der Waals surface area contributed by atoms with Gasteiger partial charge in [0.15, 0.2) is 0 Å². The minimum Gasteiger partial charge on any atom is -0.351 e. The summed E-state index contributed by atoms with van der Waals surface area (Å²) in [6.45, 7) is 6.58. The zero-order valence-electron chi connectivity index (χ0n) is 12.7. The maximum absolute atomic E-state index is 13.7. The lowest BCUT2D eigenvalue weighted by atomic mass is 10.1. The average molecular weight is 298 g/mol. The van der Waals surface area contributed by atoms with Crippen LogP contribution in [0.2, 0.25) is 0 Å². The Morgan fingerprint density at radius 3 is 2.14 bits per heavy atom. The molecule has 1 aromatic rings. The maximum Gasteiger partial charge on any atom is 0.224 e. The summed E-state index contributed by atoms with van der Waals surface area (Å²) in [6.07, 6.45) is -0.0371. The van der Waals surface area contributed by atoms with E-state index in [0.717, 1.165) is 17.0 Å². The van der Waals surface area contributed by atoms with Crippen molar-refractivity contribution in [3.8, 4) is 0 Å². The Kier molecular flexibility index (Phi) is 5.41. The summed E-state index contributed by atoms with van der Waals surface area (Å²) in [7, 11) is 0. The molecule has 4 nitrogen and oxygen atoms in total. The van der Waals surface area contributed by atoms with Crippen LogP contribution < -0.4 is 10.2 Å². The molecule has 1 aromatic carbocycles. The van der Waals surface area contributed by atoms with Gasteiger partial charge in [-0.1, -0.05) is 6.07 Å². The largest absolute Gasteiger partial charge is 0.351 e. The minimum absolute atomic E-state index is 0.0371. The number of nitrogens with zero attached hydrogens (tertiary/aromatic N) is 1. The van der Waals surface area contributed by atoms with E-state index in [1.165, 1.54) is 13.0 Å². The highest BCUT2D eigenvalue weighted by Crippen LogP contribution is 2.23. The van der Waals surface area contributed by atoms with Crippen LogP contribution in [-0.4, -0.2) is 23.9 Å². The standard InChI is InChI=1S/C15H20F2N2O2/c1-10(20)19(9-8-13(21)18-15(2,3)4)14-11(16)6-5-7-12(14)17/h5-7H,8-9H2,1-4H3,(H,18,21). The Labute approximate surface area is 123 Å². The van der Waals surface area contributed by atoms with Crippen LogP contribution in [0.1, 0.15) is 34.1 Å². The molecule has 0 aliphatic rings. The molecule has 0 radical (unpaired) electrons. The number of carbonyl (C=O) groups excluding carboxylic acids is 2. The fourth-order valence-electron chi connectivity index (χ4n) is 1.87. The highest BCUT2D eigenvalue weighted by Gasteiger charge is 2.21. The molecule has 1 N–H and O–H groups in total. The molecule has 0 aliphatic carbocycles. The number of benzene rings is 1. The Hall–Kier alpha value is -1.98. The highest BCUT2D eigenvalue weighted by molar-refractivity contribution is 5.92. The van der Waals surface area contributed by atoms with E-state index in [2.05, 4.69) is 5.32 Å². The molecule has 0 bridgehead atoms. The number of carbonyl (C=O) groups is 2. The molecule has 0 fully saturated rings. The molecule has 21 heavy (non-hydrogen) atoms. The van der Waals surface area contributed by atoms with Gasteiger partial charge in [-0.25, -0.2) is 8.78 Å². The van der Waals surface area contributed by atoms with Crippen LogP contribution in [0.3, 0.4) is 0 Å². The minimum atomic E-state index is -0.832. The van der Waals surface area contributed by atoms with Crippen molar-refractivity contribution in [3.05, 3.63) is 29.8 Å². The average Bonchev–Trinajstić information content (AvgIpc) is 2.29. The molecule has 2 amide bonds. The second kappa shape index (κ2) is 6.65. The summed E-state index contributed by atoms with van der Waals surface area (Å²) in [6, 6.07) is 3.37. The van der Waals surface area contributed by atoms with Crippen LogP contribution in [0.25, 0.3) is 0 Å². The van der Waals surface area contributed by atoms with E-state index in [1.54, 1.807) is 0 Å². The van der Waals surface area contributed by atoms with Crippen molar-refractivity contribution < 1.29 is 18.4 Å². The summed E-state index contributed by atoms with van der Waals surface area (Å²) < 4.78 is 27.4. The zero-order valence-corrected chi connectivity index (χ0v) is 12.7. The predicted octanol–water partition coefficient (Wildman–Crippen LogP) is 2.62. The van der Waals surface area contributed by atoms with Crippen LogP contribution >= 0.6 is 0 Å². The molecule has 1 rings (SSSR count). The number of nitrogens with one attached hydrogen (secondary N) is 1. The van der Waals surface area contributed by atoms with Crippen molar-refractivity contribution in [3.63, 3.8) is 0 Å². The van der Waals surface area contributed by atoms with Gasteiger partial charge >= 0.3 is 0 Å². The Bertz CT molecular complexity index is 519. The summed E-state index contributed by atoms with van der Waals surface area (Å²) in [5, 5.41) is 2.73. The molecule has 0 spiro atoms. The molecule has 0 aromatic heterocycles. The van der Waals surface area contributed by atoms with Crippen LogP contribution in [0.4, 0.5) is 14.5 Å². The number of para-hydroxylation sites is 1. The van der Waals surface area contributed by atoms with Gasteiger partial charge in [-0.3, -0.25) is 9.59 Å². The van der Waals surface area contributed by atoms with E-state index in [4.69, 9.17) is 0 Å². The predicted molar refractivity (Wildman–Crippen MR) is 76.9 cm³/mol. The van der Waals surface area contributed by atoms with Crippen molar-refractivity contribution in [1.29, 1.82) is 0 Å². The van der Waals surface area contributed by atoms with Crippen LogP contribution in [0.15, 0.2) is 18.2 Å². The first-order chi connectivity index (χ1) is 9.61. The van der Waals surface area contributed by atoms with Gasteiger partial charge in [-0.2, -0.15) is 0 Å². The Morgan fingerprint density at radius 1 is 1.19 bits per heavy atom. The van der Waals surface area contributed by atoms with Gasteiger partial charge in [0.2, 0.25) is 11.8 Å². The zero-order chi connectivity index (χ0) is 16.2. The van der Waals surface area contributed by atoms with E-state index >= 15 is 0 Å². The second-order valence-corrected chi connectivity index (χ2v) is 5.79. The van der Waals surface area contributed by atoms with E-state index < -0.39 is 28.8 Å². The smallest absolute Gasteiger partial charge is 0.224 e. The molecule has 0 unspecified atom stereocenters. The molecule has 6 heteroatoms. The fraction of sp³-hybridized carbons (Fsp3) is 0.467. The quantitative estimate of drug-likeness (QED) is 0.929. The number of halogens is 2. The summed E-state index contributed by atoms with van der Waals surface area (Å²) >= 11 is 0. The van der Waals surface area contributed by atoms with Crippen molar-refractivity contribution in [2.75, 3.05) is 11.4 Å². The number of hydrogen-bond acceptors (Lipinski definition) is 2. The van der Waals surface area contributed by atoms with Crippen LogP contribution in [0, 0.1) is 11.6 Å². The molecule has 116 valence electrons. The van der Waals surface area contributed by atoms with E-state index in [0.29, 0.717) is 0 Å². The number of anilines is 1. The van der Waals surface area contributed by atoms with Gasteiger partial charge in [0.25, 0.3) is 0 Å².